The fourth-order valence-corrected chi connectivity index (χ4v) is 4.25. The third kappa shape index (κ3) is 5.65. The lowest BCUT2D eigenvalue weighted by molar-refractivity contribution is -0.152. The predicted molar refractivity (Wildman–Crippen MR) is 118 cm³/mol. The van der Waals surface area contributed by atoms with Gasteiger partial charge in [0.25, 0.3) is 5.91 Å². The van der Waals surface area contributed by atoms with Gasteiger partial charge in [-0.15, -0.1) is 0 Å². The number of carbonyl (C=O) groups excluding carboxylic acids is 2. The number of phenols is 1. The van der Waals surface area contributed by atoms with Gasteiger partial charge in [-0.05, 0) is 57.2 Å². The SMILES string of the molecule is CC(C)NS(=O)(=O)c1ccc(NC(=O)[C@@H](C)OC(=O)Cc2coc3cc(O)ccc23)cc1. The number of rotatable bonds is 8. The number of ether oxygens (including phenoxy) is 1. The van der Waals surface area contributed by atoms with E-state index < -0.39 is 28.0 Å². The van der Waals surface area contributed by atoms with Crippen LogP contribution in [0, 0.1) is 0 Å². The van der Waals surface area contributed by atoms with Crippen LogP contribution in [-0.2, 0) is 30.8 Å². The molecule has 0 saturated carbocycles. The molecule has 1 aromatic heterocycles. The summed E-state index contributed by atoms with van der Waals surface area (Å²) in [7, 11) is -3.63. The first kappa shape index (κ1) is 23.3. The van der Waals surface area contributed by atoms with Crippen molar-refractivity contribution in [3.63, 3.8) is 0 Å². The van der Waals surface area contributed by atoms with E-state index >= 15 is 0 Å². The van der Waals surface area contributed by atoms with Gasteiger partial charge in [0.1, 0.15) is 11.3 Å². The number of aromatic hydroxyl groups is 1. The van der Waals surface area contributed by atoms with Gasteiger partial charge >= 0.3 is 5.97 Å². The Balaban J connectivity index is 1.57. The summed E-state index contributed by atoms with van der Waals surface area (Å²) >= 11 is 0. The van der Waals surface area contributed by atoms with E-state index in [0.29, 0.717) is 22.2 Å². The molecule has 0 spiro atoms. The quantitative estimate of drug-likeness (QED) is 0.440. The van der Waals surface area contributed by atoms with Gasteiger partial charge in [-0.25, -0.2) is 13.1 Å². The highest BCUT2D eigenvalue weighted by Gasteiger charge is 2.20. The van der Waals surface area contributed by atoms with E-state index in [1.807, 2.05) is 0 Å². The lowest BCUT2D eigenvalue weighted by Crippen LogP contribution is -2.31. The van der Waals surface area contributed by atoms with Gasteiger partial charge in [0.2, 0.25) is 10.0 Å². The minimum absolute atomic E-state index is 0.0492. The van der Waals surface area contributed by atoms with Crippen LogP contribution < -0.4 is 10.0 Å². The molecule has 0 aliphatic heterocycles. The smallest absolute Gasteiger partial charge is 0.311 e. The van der Waals surface area contributed by atoms with Crippen molar-refractivity contribution in [3.8, 4) is 5.75 Å². The predicted octanol–water partition coefficient (Wildman–Crippen LogP) is 2.94. The van der Waals surface area contributed by atoms with E-state index in [4.69, 9.17) is 9.15 Å². The first-order valence-electron chi connectivity index (χ1n) is 9.87. The van der Waals surface area contributed by atoms with Crippen LogP contribution in [0.3, 0.4) is 0 Å². The van der Waals surface area contributed by atoms with Crippen LogP contribution in [0.15, 0.2) is 58.0 Å². The Bertz CT molecular complexity index is 1230. The molecule has 0 radical (unpaired) electrons. The number of fused-ring (bicyclic) bond motifs is 1. The number of anilines is 1. The van der Waals surface area contributed by atoms with E-state index in [2.05, 4.69) is 10.0 Å². The molecule has 0 aliphatic rings. The molecule has 0 bridgehead atoms. The molecular formula is C22H24N2O7S. The lowest BCUT2D eigenvalue weighted by Gasteiger charge is -2.14. The van der Waals surface area contributed by atoms with Crippen molar-refractivity contribution in [3.05, 3.63) is 54.3 Å². The number of amides is 1. The number of sulfonamides is 1. The summed E-state index contributed by atoms with van der Waals surface area (Å²) in [5.74, 6) is -1.13. The molecule has 1 amide bonds. The van der Waals surface area contributed by atoms with Gasteiger partial charge in [-0.3, -0.25) is 9.59 Å². The summed E-state index contributed by atoms with van der Waals surface area (Å²) < 4.78 is 37.3. The van der Waals surface area contributed by atoms with Gasteiger partial charge in [-0.1, -0.05) is 0 Å². The van der Waals surface area contributed by atoms with Crippen LogP contribution in [0.5, 0.6) is 5.75 Å². The zero-order chi connectivity index (χ0) is 23.5. The Morgan fingerprint density at radius 2 is 1.78 bits per heavy atom. The van der Waals surface area contributed by atoms with Crippen molar-refractivity contribution in [1.29, 1.82) is 0 Å². The Morgan fingerprint density at radius 3 is 2.44 bits per heavy atom. The van der Waals surface area contributed by atoms with Crippen molar-refractivity contribution < 1.29 is 32.3 Å². The minimum atomic E-state index is -3.63. The molecule has 0 aliphatic carbocycles. The molecule has 3 aromatic rings. The number of carbonyl (C=O) groups is 2. The second kappa shape index (κ2) is 9.41. The van der Waals surface area contributed by atoms with Gasteiger partial charge in [0.15, 0.2) is 6.10 Å². The van der Waals surface area contributed by atoms with Crippen molar-refractivity contribution in [1.82, 2.24) is 4.72 Å². The maximum Gasteiger partial charge on any atom is 0.311 e. The summed E-state index contributed by atoms with van der Waals surface area (Å²) in [4.78, 5) is 24.7. The molecule has 10 heteroatoms. The molecule has 3 N–H and O–H groups in total. The van der Waals surface area contributed by atoms with Crippen LogP contribution in [0.2, 0.25) is 0 Å². The second-order valence-corrected chi connectivity index (χ2v) is 9.25. The van der Waals surface area contributed by atoms with Crippen LogP contribution in [0.25, 0.3) is 11.0 Å². The number of hydrogen-bond acceptors (Lipinski definition) is 7. The summed E-state index contributed by atoms with van der Waals surface area (Å²) in [5.41, 5.74) is 1.37. The van der Waals surface area contributed by atoms with Crippen molar-refractivity contribution >= 4 is 38.6 Å². The maximum atomic E-state index is 12.4. The topological polar surface area (TPSA) is 135 Å². The Hall–Kier alpha value is -3.37. The molecule has 9 nitrogen and oxygen atoms in total. The number of benzene rings is 2. The highest BCUT2D eigenvalue weighted by molar-refractivity contribution is 7.89. The molecule has 1 heterocycles. The first-order valence-corrected chi connectivity index (χ1v) is 11.4. The molecule has 0 fully saturated rings. The van der Waals surface area contributed by atoms with E-state index in [-0.39, 0.29) is 23.1 Å². The fraction of sp³-hybridized carbons (Fsp3) is 0.273. The summed E-state index contributed by atoms with van der Waals surface area (Å²) in [6.07, 6.45) is 0.223. The fourth-order valence-electron chi connectivity index (χ4n) is 3.00. The van der Waals surface area contributed by atoms with Crippen LogP contribution in [0.1, 0.15) is 26.3 Å². The largest absolute Gasteiger partial charge is 0.508 e. The molecule has 2 aromatic carbocycles. The molecule has 170 valence electrons. The van der Waals surface area contributed by atoms with Gasteiger partial charge < -0.3 is 19.6 Å². The van der Waals surface area contributed by atoms with Crippen LogP contribution in [-0.4, -0.2) is 37.5 Å². The Morgan fingerprint density at radius 1 is 1.09 bits per heavy atom. The Labute approximate surface area is 185 Å². The molecule has 3 rings (SSSR count). The second-order valence-electron chi connectivity index (χ2n) is 7.54. The van der Waals surface area contributed by atoms with Crippen molar-refractivity contribution in [2.24, 2.45) is 0 Å². The normalized spacial score (nSPS) is 12.6. The zero-order valence-corrected chi connectivity index (χ0v) is 18.6. The summed E-state index contributed by atoms with van der Waals surface area (Å²) in [5, 5.41) is 12.7. The zero-order valence-electron chi connectivity index (χ0n) is 17.8. The average Bonchev–Trinajstić information content (AvgIpc) is 3.08. The highest BCUT2D eigenvalue weighted by atomic mass is 32.2. The van der Waals surface area contributed by atoms with Crippen molar-refractivity contribution in [2.75, 3.05) is 5.32 Å². The minimum Gasteiger partial charge on any atom is -0.508 e. The standard InChI is InChI=1S/C22H24N2O7S/c1-13(2)24-32(28,29)18-7-4-16(5-8-18)23-22(27)14(3)31-21(26)10-15-12-30-20-11-17(25)6-9-19(15)20/h4-9,11-14,24-25H,10H2,1-3H3,(H,23,27)/t14-/m1/s1. The van der Waals surface area contributed by atoms with Crippen LogP contribution in [0.4, 0.5) is 5.69 Å². The lowest BCUT2D eigenvalue weighted by atomic mass is 10.1. The van der Waals surface area contributed by atoms with Gasteiger partial charge in [-0.2, -0.15) is 0 Å². The number of furan rings is 1. The number of esters is 1. The molecule has 32 heavy (non-hydrogen) atoms. The summed E-state index contributed by atoms with van der Waals surface area (Å²) in [6, 6.07) is 9.96. The number of hydrogen-bond donors (Lipinski definition) is 3. The van der Waals surface area contributed by atoms with Crippen molar-refractivity contribution in [2.45, 2.75) is 44.2 Å². The van der Waals surface area contributed by atoms with E-state index in [1.165, 1.54) is 49.6 Å². The third-order valence-corrected chi connectivity index (χ3v) is 6.15. The van der Waals surface area contributed by atoms with Gasteiger partial charge in [0.05, 0.1) is 17.6 Å². The molecule has 0 unspecified atom stereocenters. The highest BCUT2D eigenvalue weighted by Crippen LogP contribution is 2.25. The monoisotopic (exact) mass is 460 g/mol. The molecular weight excluding hydrogens is 436 g/mol. The average molecular weight is 461 g/mol. The van der Waals surface area contributed by atoms with E-state index in [9.17, 15) is 23.1 Å². The molecule has 0 saturated heterocycles. The van der Waals surface area contributed by atoms with Crippen LogP contribution >= 0.6 is 0 Å². The molecule has 1 atom stereocenters. The maximum absolute atomic E-state index is 12.4. The van der Waals surface area contributed by atoms with E-state index in [0.717, 1.165) is 0 Å². The van der Waals surface area contributed by atoms with E-state index in [1.54, 1.807) is 19.9 Å². The third-order valence-electron chi connectivity index (χ3n) is 4.47. The van der Waals surface area contributed by atoms with Gasteiger partial charge in [0, 0.05) is 28.7 Å². The number of nitrogens with one attached hydrogen (secondary N) is 2. The summed E-state index contributed by atoms with van der Waals surface area (Å²) in [6.45, 7) is 4.87. The number of phenolic OH excluding ortho intramolecular Hbond substituents is 1. The Kier molecular flexibility index (Phi) is 6.85. The first-order chi connectivity index (χ1) is 15.0.